The smallest absolute Gasteiger partial charge is 0.0361 e. The molecule has 0 spiro atoms. The van der Waals surface area contributed by atoms with Gasteiger partial charge in [0.2, 0.25) is 0 Å². The van der Waals surface area contributed by atoms with E-state index in [0.717, 1.165) is 12.5 Å². The highest BCUT2D eigenvalue weighted by atomic mass is 15.2. The first-order valence-corrected chi connectivity index (χ1v) is 10.9. The number of pyridine rings is 1. The molecule has 148 valence electrons. The third kappa shape index (κ3) is 3.85. The van der Waals surface area contributed by atoms with Crippen LogP contribution < -0.4 is 5.32 Å². The lowest BCUT2D eigenvalue weighted by molar-refractivity contribution is 0.00467. The predicted octanol–water partition coefficient (Wildman–Crippen LogP) is 4.47. The molecule has 3 aliphatic heterocycles. The van der Waals surface area contributed by atoms with Crippen LogP contribution in [-0.2, 0) is 6.54 Å². The first-order valence-electron chi connectivity index (χ1n) is 10.9. The molecule has 3 saturated heterocycles. The van der Waals surface area contributed by atoms with Crippen LogP contribution in [0.25, 0.3) is 0 Å². The lowest BCUT2D eigenvalue weighted by Crippen LogP contribution is -2.64. The van der Waals surface area contributed by atoms with Crippen LogP contribution in [0.3, 0.4) is 0 Å². The molecular weight excluding hydrogens is 354 g/mol. The summed E-state index contributed by atoms with van der Waals surface area (Å²) in [6.45, 7) is 3.32. The second-order valence-corrected chi connectivity index (χ2v) is 8.43. The molecule has 0 radical (unpaired) electrons. The zero-order valence-electron chi connectivity index (χ0n) is 16.8. The van der Waals surface area contributed by atoms with Gasteiger partial charge in [0.15, 0.2) is 0 Å². The summed E-state index contributed by atoms with van der Waals surface area (Å²) in [7, 11) is 0. The van der Waals surface area contributed by atoms with E-state index in [9.17, 15) is 0 Å². The topological polar surface area (TPSA) is 28.2 Å². The summed E-state index contributed by atoms with van der Waals surface area (Å²) >= 11 is 0. The summed E-state index contributed by atoms with van der Waals surface area (Å²) in [5.74, 6) is 1.13. The zero-order chi connectivity index (χ0) is 19.5. The van der Waals surface area contributed by atoms with Crippen molar-refractivity contribution in [2.24, 2.45) is 5.92 Å². The molecule has 2 bridgehead atoms. The molecule has 3 aromatic rings. The lowest BCUT2D eigenvalue weighted by Gasteiger charge is -2.54. The van der Waals surface area contributed by atoms with Crippen molar-refractivity contribution in [2.45, 2.75) is 37.4 Å². The molecule has 3 fully saturated rings. The molecule has 1 aromatic heterocycles. The molecule has 2 atom stereocenters. The van der Waals surface area contributed by atoms with Gasteiger partial charge in [-0.25, -0.2) is 0 Å². The first-order chi connectivity index (χ1) is 14.4. The fourth-order valence-electron chi connectivity index (χ4n) is 5.43. The summed E-state index contributed by atoms with van der Waals surface area (Å²) in [5, 5.41) is 3.96. The van der Waals surface area contributed by atoms with Crippen LogP contribution in [0.1, 0.15) is 35.4 Å². The van der Waals surface area contributed by atoms with Crippen LogP contribution in [0.4, 0.5) is 0 Å². The Morgan fingerprint density at radius 2 is 1.52 bits per heavy atom. The highest BCUT2D eigenvalue weighted by Crippen LogP contribution is 2.42. The Kier molecular flexibility index (Phi) is 5.42. The molecule has 0 amide bonds. The average molecular weight is 384 g/mol. The predicted molar refractivity (Wildman–Crippen MR) is 118 cm³/mol. The van der Waals surface area contributed by atoms with Gasteiger partial charge in [0.1, 0.15) is 0 Å². The third-order valence-electron chi connectivity index (χ3n) is 6.80. The number of fused-ring (bicyclic) bond motifs is 3. The van der Waals surface area contributed by atoms with E-state index in [4.69, 9.17) is 0 Å². The Hall–Kier alpha value is -2.49. The van der Waals surface area contributed by atoms with Crippen LogP contribution in [0.2, 0.25) is 0 Å². The van der Waals surface area contributed by atoms with Crippen molar-refractivity contribution in [1.82, 2.24) is 15.2 Å². The molecule has 0 saturated carbocycles. The molecule has 3 heteroatoms. The first kappa shape index (κ1) is 18.5. The number of piperidine rings is 3. The number of nitrogens with zero attached hydrogens (tertiary/aromatic N) is 2. The van der Waals surface area contributed by atoms with Gasteiger partial charge in [-0.1, -0.05) is 66.7 Å². The van der Waals surface area contributed by atoms with E-state index in [1.807, 2.05) is 18.5 Å². The third-order valence-corrected chi connectivity index (χ3v) is 6.80. The van der Waals surface area contributed by atoms with E-state index >= 15 is 0 Å². The van der Waals surface area contributed by atoms with E-state index in [1.54, 1.807) is 0 Å². The van der Waals surface area contributed by atoms with Crippen molar-refractivity contribution < 1.29 is 0 Å². The van der Waals surface area contributed by atoms with Crippen molar-refractivity contribution in [1.29, 1.82) is 0 Å². The van der Waals surface area contributed by atoms with Gasteiger partial charge >= 0.3 is 0 Å². The van der Waals surface area contributed by atoms with Gasteiger partial charge in [-0.3, -0.25) is 9.88 Å². The largest absolute Gasteiger partial charge is 0.308 e. The molecule has 4 heterocycles. The minimum absolute atomic E-state index is 0.381. The van der Waals surface area contributed by atoms with Crippen molar-refractivity contribution in [3.63, 3.8) is 0 Å². The van der Waals surface area contributed by atoms with Gasteiger partial charge in [0, 0.05) is 36.9 Å². The van der Waals surface area contributed by atoms with Crippen molar-refractivity contribution in [3.8, 4) is 0 Å². The quantitative estimate of drug-likeness (QED) is 0.681. The maximum Gasteiger partial charge on any atom is 0.0361 e. The molecule has 2 unspecified atom stereocenters. The monoisotopic (exact) mass is 383 g/mol. The Bertz CT molecular complexity index is 850. The van der Waals surface area contributed by atoms with E-state index in [0.29, 0.717) is 18.0 Å². The standard InChI is InChI=1S/C26H29N3/c1-3-9-21(10-4-1)24(22-11-5-2-6-12-22)26-25(23-13-16-29(26)17-14-23)28-19-20-8-7-15-27-18-20/h1-12,15,18,23-26,28H,13-14,16-17,19H2. The van der Waals surface area contributed by atoms with Crippen LogP contribution in [-0.4, -0.2) is 35.1 Å². The van der Waals surface area contributed by atoms with Crippen LogP contribution in [0, 0.1) is 5.92 Å². The van der Waals surface area contributed by atoms with Gasteiger partial charge in [0.05, 0.1) is 0 Å². The Labute approximate surface area is 173 Å². The summed E-state index contributed by atoms with van der Waals surface area (Å²) in [6.07, 6.45) is 6.44. The summed E-state index contributed by atoms with van der Waals surface area (Å²) < 4.78 is 0. The molecule has 6 rings (SSSR count). The molecule has 29 heavy (non-hydrogen) atoms. The number of nitrogens with one attached hydrogen (secondary N) is 1. The van der Waals surface area contributed by atoms with E-state index in [1.165, 1.54) is 42.6 Å². The Morgan fingerprint density at radius 3 is 2.10 bits per heavy atom. The second-order valence-electron chi connectivity index (χ2n) is 8.43. The summed E-state index contributed by atoms with van der Waals surface area (Å²) in [4.78, 5) is 7.04. The Balaban J connectivity index is 1.50. The minimum Gasteiger partial charge on any atom is -0.308 e. The van der Waals surface area contributed by atoms with Gasteiger partial charge < -0.3 is 5.32 Å². The molecule has 2 aromatic carbocycles. The van der Waals surface area contributed by atoms with E-state index < -0.39 is 0 Å². The van der Waals surface area contributed by atoms with Crippen LogP contribution >= 0.6 is 0 Å². The van der Waals surface area contributed by atoms with E-state index in [-0.39, 0.29) is 0 Å². The number of benzene rings is 2. The molecular formula is C26H29N3. The summed E-state index contributed by atoms with van der Waals surface area (Å²) in [5.41, 5.74) is 4.10. The second kappa shape index (κ2) is 8.48. The van der Waals surface area contributed by atoms with Crippen LogP contribution in [0.15, 0.2) is 85.2 Å². The highest BCUT2D eigenvalue weighted by Gasteiger charge is 2.46. The SMILES string of the molecule is c1ccc(C(c2ccccc2)C2C(NCc3cccnc3)C3CCN2CC3)cc1. The molecule has 3 aliphatic rings. The molecule has 3 nitrogen and oxygen atoms in total. The highest BCUT2D eigenvalue weighted by molar-refractivity contribution is 5.36. The number of aromatic nitrogens is 1. The maximum absolute atomic E-state index is 4.30. The molecule has 1 N–H and O–H groups in total. The van der Waals surface area contributed by atoms with Gasteiger partial charge in [0.25, 0.3) is 0 Å². The van der Waals surface area contributed by atoms with Crippen LogP contribution in [0.5, 0.6) is 0 Å². The number of hydrogen-bond acceptors (Lipinski definition) is 3. The van der Waals surface area contributed by atoms with Crippen molar-refractivity contribution in [3.05, 3.63) is 102 Å². The lowest BCUT2D eigenvalue weighted by atomic mass is 9.70. The normalized spacial score (nSPS) is 26.0. The average Bonchev–Trinajstić information content (AvgIpc) is 2.81. The number of hydrogen-bond donors (Lipinski definition) is 1. The van der Waals surface area contributed by atoms with Gasteiger partial charge in [-0.2, -0.15) is 0 Å². The van der Waals surface area contributed by atoms with E-state index in [2.05, 4.69) is 81.9 Å². The fourth-order valence-corrected chi connectivity index (χ4v) is 5.43. The maximum atomic E-state index is 4.30. The zero-order valence-corrected chi connectivity index (χ0v) is 16.8. The fraction of sp³-hybridized carbons (Fsp3) is 0.346. The van der Waals surface area contributed by atoms with Gasteiger partial charge in [-0.05, 0) is 54.6 Å². The Morgan fingerprint density at radius 1 is 0.862 bits per heavy atom. The minimum atomic E-state index is 0.381. The van der Waals surface area contributed by atoms with Gasteiger partial charge in [-0.15, -0.1) is 0 Å². The van der Waals surface area contributed by atoms with Crippen molar-refractivity contribution >= 4 is 0 Å². The molecule has 0 aliphatic carbocycles. The summed E-state index contributed by atoms with van der Waals surface area (Å²) in [6, 6.07) is 27.3. The number of rotatable bonds is 6. The van der Waals surface area contributed by atoms with Crippen molar-refractivity contribution in [2.75, 3.05) is 13.1 Å².